The van der Waals surface area contributed by atoms with E-state index >= 15 is 0 Å². The predicted molar refractivity (Wildman–Crippen MR) is 107 cm³/mol. The number of Topliss-reactive ketones (excluding diaryl/α,β-unsaturated/α-hetero) is 3. The molecule has 0 spiro atoms. The van der Waals surface area contributed by atoms with E-state index in [1.54, 1.807) is 0 Å². The minimum Gasteiger partial charge on any atom is -0.481 e. The molecule has 0 bridgehead atoms. The summed E-state index contributed by atoms with van der Waals surface area (Å²) in [4.78, 5) is 50.0. The SMILES string of the molecule is CC(CCC(=O)O)C1CCC2C3C(=O)C[C@@H]4CC(=O)CCC4(C)C3CC(=O)[C@]12C. The number of carbonyl (C=O) groups excluding carboxylic acids is 3. The van der Waals surface area contributed by atoms with Crippen molar-refractivity contribution in [1.82, 2.24) is 0 Å². The van der Waals surface area contributed by atoms with Gasteiger partial charge >= 0.3 is 5.97 Å². The Hall–Kier alpha value is -1.52. The Labute approximate surface area is 173 Å². The quantitative estimate of drug-likeness (QED) is 0.766. The van der Waals surface area contributed by atoms with Crippen molar-refractivity contribution in [3.63, 3.8) is 0 Å². The molecule has 8 atom stereocenters. The number of fused-ring (bicyclic) bond motifs is 5. The molecule has 4 aliphatic carbocycles. The van der Waals surface area contributed by atoms with Gasteiger partial charge in [-0.05, 0) is 60.7 Å². The van der Waals surface area contributed by atoms with Crippen LogP contribution in [0.3, 0.4) is 0 Å². The van der Waals surface area contributed by atoms with Crippen LogP contribution in [0.4, 0.5) is 0 Å². The van der Waals surface area contributed by atoms with Gasteiger partial charge in [-0.2, -0.15) is 0 Å². The topological polar surface area (TPSA) is 88.5 Å². The van der Waals surface area contributed by atoms with Gasteiger partial charge in [0.05, 0.1) is 0 Å². The maximum Gasteiger partial charge on any atom is 0.303 e. The number of carbonyl (C=O) groups is 4. The van der Waals surface area contributed by atoms with Gasteiger partial charge in [0.1, 0.15) is 17.3 Å². The second-order valence-corrected chi connectivity index (χ2v) is 10.9. The zero-order chi connectivity index (χ0) is 21.1. The highest BCUT2D eigenvalue weighted by Crippen LogP contribution is 2.66. The third kappa shape index (κ3) is 3.02. The standard InChI is InChI=1S/C24H34O5/c1-13(4-7-21(28)29)16-5-6-17-22-18(12-20(27)24(16,17)3)23(2)9-8-15(25)10-14(23)11-19(22)26/h13-14,16-18,22H,4-12H2,1-3H3,(H,28,29)/t13?,14-,16?,17?,18?,22?,23?,24+/m0/s1. The third-order valence-electron chi connectivity index (χ3n) is 9.72. The molecule has 4 aliphatic rings. The summed E-state index contributed by atoms with van der Waals surface area (Å²) in [5.41, 5.74) is -0.598. The Morgan fingerprint density at radius 3 is 2.52 bits per heavy atom. The Kier molecular flexibility index (Phi) is 5.02. The van der Waals surface area contributed by atoms with Gasteiger partial charge in [0, 0.05) is 43.4 Å². The Morgan fingerprint density at radius 1 is 1.10 bits per heavy atom. The lowest BCUT2D eigenvalue weighted by Crippen LogP contribution is -2.60. The molecule has 4 rings (SSSR count). The molecule has 4 fully saturated rings. The van der Waals surface area contributed by atoms with Crippen molar-refractivity contribution >= 4 is 23.3 Å². The van der Waals surface area contributed by atoms with Crippen LogP contribution in [0.25, 0.3) is 0 Å². The Balaban J connectivity index is 1.63. The molecular formula is C24H34O5. The summed E-state index contributed by atoms with van der Waals surface area (Å²) in [6.45, 7) is 6.37. The lowest BCUT2D eigenvalue weighted by atomic mass is 9.44. The summed E-state index contributed by atoms with van der Waals surface area (Å²) in [5, 5.41) is 9.06. The summed E-state index contributed by atoms with van der Waals surface area (Å²) < 4.78 is 0. The highest BCUT2D eigenvalue weighted by molar-refractivity contribution is 5.93. The zero-order valence-electron chi connectivity index (χ0n) is 17.9. The van der Waals surface area contributed by atoms with Gasteiger partial charge < -0.3 is 5.11 Å². The first kappa shape index (κ1) is 20.7. The summed E-state index contributed by atoms with van der Waals surface area (Å²) >= 11 is 0. The maximum atomic E-state index is 13.6. The molecular weight excluding hydrogens is 368 g/mol. The van der Waals surface area contributed by atoms with Gasteiger partial charge in [-0.25, -0.2) is 0 Å². The van der Waals surface area contributed by atoms with Gasteiger partial charge in [-0.1, -0.05) is 20.8 Å². The van der Waals surface area contributed by atoms with Crippen molar-refractivity contribution < 1.29 is 24.3 Å². The van der Waals surface area contributed by atoms with Crippen LogP contribution in [0.1, 0.15) is 78.6 Å². The average Bonchev–Trinajstić information content (AvgIpc) is 3.01. The fourth-order valence-electron chi connectivity index (χ4n) is 7.94. The van der Waals surface area contributed by atoms with Gasteiger partial charge in [0.25, 0.3) is 0 Å². The smallest absolute Gasteiger partial charge is 0.303 e. The molecule has 0 radical (unpaired) electrons. The first-order chi connectivity index (χ1) is 13.6. The first-order valence-corrected chi connectivity index (χ1v) is 11.4. The molecule has 0 heterocycles. The predicted octanol–water partition coefficient (Wildman–Crippen LogP) is 4.07. The van der Waals surface area contributed by atoms with Gasteiger partial charge in [-0.3, -0.25) is 19.2 Å². The average molecular weight is 403 g/mol. The zero-order valence-corrected chi connectivity index (χ0v) is 17.9. The summed E-state index contributed by atoms with van der Waals surface area (Å²) in [7, 11) is 0. The molecule has 0 aromatic rings. The monoisotopic (exact) mass is 402 g/mol. The molecule has 4 saturated carbocycles. The lowest BCUT2D eigenvalue weighted by molar-refractivity contribution is -0.166. The first-order valence-electron chi connectivity index (χ1n) is 11.4. The van der Waals surface area contributed by atoms with Crippen LogP contribution in [0.15, 0.2) is 0 Å². The Bertz CT molecular complexity index is 756. The van der Waals surface area contributed by atoms with Crippen LogP contribution in [-0.4, -0.2) is 28.4 Å². The molecule has 1 N–H and O–H groups in total. The van der Waals surface area contributed by atoms with Crippen molar-refractivity contribution in [2.75, 3.05) is 0 Å². The number of carboxylic acid groups (broad SMARTS) is 1. The van der Waals surface area contributed by atoms with Gasteiger partial charge in [0.2, 0.25) is 0 Å². The van der Waals surface area contributed by atoms with E-state index in [-0.39, 0.29) is 64.7 Å². The van der Waals surface area contributed by atoms with Crippen LogP contribution in [0.5, 0.6) is 0 Å². The number of carboxylic acids is 1. The molecule has 0 aromatic heterocycles. The van der Waals surface area contributed by atoms with Crippen molar-refractivity contribution in [3.8, 4) is 0 Å². The van der Waals surface area contributed by atoms with Crippen LogP contribution < -0.4 is 0 Å². The highest BCUT2D eigenvalue weighted by atomic mass is 16.4. The third-order valence-corrected chi connectivity index (χ3v) is 9.72. The second-order valence-electron chi connectivity index (χ2n) is 10.9. The normalized spacial score (nSPS) is 45.3. The van der Waals surface area contributed by atoms with Gasteiger partial charge in [0.15, 0.2) is 0 Å². The van der Waals surface area contributed by atoms with Crippen molar-refractivity contribution in [1.29, 1.82) is 0 Å². The molecule has 0 aliphatic heterocycles. The fraction of sp³-hybridized carbons (Fsp3) is 0.833. The fourth-order valence-corrected chi connectivity index (χ4v) is 7.94. The van der Waals surface area contributed by atoms with E-state index in [0.29, 0.717) is 32.1 Å². The number of aliphatic carboxylic acids is 1. The molecule has 0 amide bonds. The van der Waals surface area contributed by atoms with Crippen molar-refractivity contribution in [2.45, 2.75) is 78.6 Å². The summed E-state index contributed by atoms with van der Waals surface area (Å²) in [6.07, 6.45) is 5.33. The van der Waals surface area contributed by atoms with Crippen LogP contribution in [-0.2, 0) is 19.2 Å². The highest BCUT2D eigenvalue weighted by Gasteiger charge is 2.66. The largest absolute Gasteiger partial charge is 0.481 e. The van der Waals surface area contributed by atoms with E-state index in [1.807, 2.05) is 0 Å². The summed E-state index contributed by atoms with van der Waals surface area (Å²) in [5.74, 6) is 0.524. The van der Waals surface area contributed by atoms with E-state index in [9.17, 15) is 19.2 Å². The minimum atomic E-state index is -0.792. The van der Waals surface area contributed by atoms with E-state index in [1.165, 1.54) is 0 Å². The van der Waals surface area contributed by atoms with E-state index in [2.05, 4.69) is 20.8 Å². The summed E-state index contributed by atoms with van der Waals surface area (Å²) in [6, 6.07) is 0. The molecule has 29 heavy (non-hydrogen) atoms. The molecule has 5 nitrogen and oxygen atoms in total. The van der Waals surface area contributed by atoms with Crippen LogP contribution in [0, 0.1) is 46.3 Å². The second kappa shape index (κ2) is 7.02. The number of rotatable bonds is 4. The van der Waals surface area contributed by atoms with Crippen molar-refractivity contribution in [3.05, 3.63) is 0 Å². The van der Waals surface area contributed by atoms with E-state index in [4.69, 9.17) is 5.11 Å². The maximum absolute atomic E-state index is 13.6. The van der Waals surface area contributed by atoms with Crippen LogP contribution >= 0.6 is 0 Å². The van der Waals surface area contributed by atoms with E-state index < -0.39 is 11.4 Å². The van der Waals surface area contributed by atoms with E-state index in [0.717, 1.165) is 19.3 Å². The molecule has 0 aromatic carbocycles. The Morgan fingerprint density at radius 2 is 1.83 bits per heavy atom. The number of ketones is 3. The van der Waals surface area contributed by atoms with Gasteiger partial charge in [-0.15, -0.1) is 0 Å². The van der Waals surface area contributed by atoms with Crippen molar-refractivity contribution in [2.24, 2.45) is 46.3 Å². The van der Waals surface area contributed by atoms with Crippen LogP contribution in [0.2, 0.25) is 0 Å². The molecule has 6 unspecified atom stereocenters. The number of hydrogen-bond acceptors (Lipinski definition) is 4. The lowest BCUT2D eigenvalue weighted by Gasteiger charge is -2.58. The molecule has 0 saturated heterocycles. The minimum absolute atomic E-state index is 0.0659. The number of hydrogen-bond donors (Lipinski definition) is 1. The molecule has 160 valence electrons. The molecule has 5 heteroatoms.